The lowest BCUT2D eigenvalue weighted by Gasteiger charge is -2.44. The van der Waals surface area contributed by atoms with Gasteiger partial charge < -0.3 is 9.84 Å². The van der Waals surface area contributed by atoms with Gasteiger partial charge in [-0.05, 0) is 65.8 Å². The molecule has 4 heteroatoms. The first-order chi connectivity index (χ1) is 11.3. The summed E-state index contributed by atoms with van der Waals surface area (Å²) in [4.78, 5) is 11.5. The number of esters is 1. The Morgan fingerprint density at radius 2 is 2.25 bits per heavy atom. The number of allylic oxidation sites excluding steroid dienone is 1. The van der Waals surface area contributed by atoms with Gasteiger partial charge in [-0.1, -0.05) is 48.6 Å². The zero-order chi connectivity index (χ0) is 17.9. The third kappa shape index (κ3) is 4.06. The fourth-order valence-corrected chi connectivity index (χ4v) is 6.08. The first-order valence-electron chi connectivity index (χ1n) is 9.06. The number of aliphatic hydroxyl groups is 1. The van der Waals surface area contributed by atoms with E-state index in [2.05, 4.69) is 51.8 Å². The predicted octanol–water partition coefficient (Wildman–Crippen LogP) is 5.03. The van der Waals surface area contributed by atoms with Crippen LogP contribution in [0.5, 0.6) is 0 Å². The average molecular weight is 446 g/mol. The summed E-state index contributed by atoms with van der Waals surface area (Å²) in [7, 11) is 1.35. The van der Waals surface area contributed by atoms with Gasteiger partial charge in [-0.3, -0.25) is 0 Å². The molecule has 3 nitrogen and oxygen atoms in total. The lowest BCUT2D eigenvalue weighted by molar-refractivity contribution is -0.136. The van der Waals surface area contributed by atoms with E-state index in [0.29, 0.717) is 29.2 Å². The number of hydrogen-bond donors (Lipinski definition) is 1. The van der Waals surface area contributed by atoms with Crippen LogP contribution >= 0.6 is 22.6 Å². The van der Waals surface area contributed by atoms with Gasteiger partial charge in [0, 0.05) is 12.0 Å². The molecule has 0 aliphatic heterocycles. The van der Waals surface area contributed by atoms with Gasteiger partial charge in [-0.25, -0.2) is 4.79 Å². The van der Waals surface area contributed by atoms with E-state index < -0.39 is 12.1 Å². The molecular formula is C20H31IO3. The van der Waals surface area contributed by atoms with Crippen molar-refractivity contribution in [3.63, 3.8) is 0 Å². The summed E-state index contributed by atoms with van der Waals surface area (Å²) in [6, 6.07) is 0. The van der Waals surface area contributed by atoms with Gasteiger partial charge in [0.05, 0.1) is 13.2 Å². The fraction of sp³-hybridized carbons (Fsp3) is 0.750. The van der Waals surface area contributed by atoms with Crippen molar-refractivity contribution in [2.24, 2.45) is 23.2 Å². The minimum absolute atomic E-state index is 0.308. The minimum Gasteiger partial charge on any atom is -0.466 e. The third-order valence-corrected chi connectivity index (χ3v) is 7.26. The second-order valence-corrected chi connectivity index (χ2v) is 8.57. The normalized spacial score (nSPS) is 33.8. The first kappa shape index (κ1) is 20.0. The topological polar surface area (TPSA) is 46.5 Å². The van der Waals surface area contributed by atoms with Gasteiger partial charge in [-0.2, -0.15) is 0 Å². The Morgan fingerprint density at radius 1 is 1.54 bits per heavy atom. The highest BCUT2D eigenvalue weighted by Gasteiger charge is 2.50. The van der Waals surface area contributed by atoms with E-state index in [9.17, 15) is 9.90 Å². The molecule has 0 heterocycles. The van der Waals surface area contributed by atoms with Gasteiger partial charge >= 0.3 is 5.97 Å². The second kappa shape index (κ2) is 8.35. The average Bonchev–Trinajstić information content (AvgIpc) is 2.90. The molecule has 0 bridgehead atoms. The smallest absolute Gasteiger partial charge is 0.333 e. The number of methoxy groups -OCH3 is 1. The number of hydrogen-bond acceptors (Lipinski definition) is 3. The Balaban J connectivity index is 1.98. The van der Waals surface area contributed by atoms with E-state index in [0.717, 1.165) is 12.3 Å². The van der Waals surface area contributed by atoms with Gasteiger partial charge in [0.1, 0.15) is 0 Å². The van der Waals surface area contributed by atoms with Crippen LogP contribution in [-0.2, 0) is 9.53 Å². The van der Waals surface area contributed by atoms with Gasteiger partial charge in [0.2, 0.25) is 0 Å². The standard InChI is InChI=1S/C20H31IO3/c1-13(10-16(22)11-14(2)19(23)24-4)17-7-8-18-15(12-21)6-5-9-20(17,18)3/h12-13,16-18,22H,2,5-11H2,1,3-4H3/b15-12+/t13-,16-,17-,18?,20-/m1/s1. The number of fused-ring (bicyclic) bond motifs is 1. The number of aliphatic hydroxyl groups excluding tert-OH is 1. The highest BCUT2D eigenvalue weighted by atomic mass is 127. The lowest BCUT2D eigenvalue weighted by atomic mass is 9.61. The molecule has 0 aromatic heterocycles. The van der Waals surface area contributed by atoms with Gasteiger partial charge in [-0.15, -0.1) is 0 Å². The predicted molar refractivity (Wildman–Crippen MR) is 106 cm³/mol. The van der Waals surface area contributed by atoms with E-state index in [4.69, 9.17) is 0 Å². The summed E-state index contributed by atoms with van der Waals surface area (Å²) in [5.41, 5.74) is 2.37. The molecule has 0 aromatic carbocycles. The quantitative estimate of drug-likeness (QED) is 0.354. The zero-order valence-electron chi connectivity index (χ0n) is 15.2. The molecule has 0 amide bonds. The molecule has 2 aliphatic rings. The molecule has 2 rings (SSSR count). The van der Waals surface area contributed by atoms with Crippen LogP contribution in [0.4, 0.5) is 0 Å². The number of rotatable bonds is 6. The Bertz CT molecular complexity index is 513. The molecule has 0 spiro atoms. The van der Waals surface area contributed by atoms with Crippen molar-refractivity contribution in [1.29, 1.82) is 0 Å². The van der Waals surface area contributed by atoms with Crippen molar-refractivity contribution in [2.75, 3.05) is 7.11 Å². The lowest BCUT2D eigenvalue weighted by Crippen LogP contribution is -2.36. The highest BCUT2D eigenvalue weighted by molar-refractivity contribution is 14.1. The highest BCUT2D eigenvalue weighted by Crippen LogP contribution is 2.60. The van der Waals surface area contributed by atoms with Crippen molar-refractivity contribution in [3.8, 4) is 0 Å². The molecular weight excluding hydrogens is 415 g/mol. The molecule has 1 unspecified atom stereocenters. The Kier molecular flexibility index (Phi) is 6.94. The summed E-state index contributed by atoms with van der Waals surface area (Å²) in [5.74, 6) is 1.40. The summed E-state index contributed by atoms with van der Waals surface area (Å²) in [5, 5.41) is 10.4. The fourth-order valence-electron chi connectivity index (χ4n) is 5.33. The van der Waals surface area contributed by atoms with Gasteiger partial charge in [0.15, 0.2) is 0 Å². The maximum absolute atomic E-state index is 11.5. The molecule has 0 radical (unpaired) electrons. The summed E-state index contributed by atoms with van der Waals surface area (Å²) in [6.07, 6.45) is 6.89. The van der Waals surface area contributed by atoms with Crippen molar-refractivity contribution in [2.45, 2.75) is 64.9 Å². The van der Waals surface area contributed by atoms with Crippen molar-refractivity contribution < 1.29 is 14.6 Å². The maximum Gasteiger partial charge on any atom is 0.333 e. The van der Waals surface area contributed by atoms with E-state index in [1.165, 1.54) is 39.2 Å². The van der Waals surface area contributed by atoms with Crippen LogP contribution in [0.3, 0.4) is 0 Å². The molecule has 2 fully saturated rings. The van der Waals surface area contributed by atoms with Crippen LogP contribution in [0.15, 0.2) is 21.8 Å². The monoisotopic (exact) mass is 446 g/mol. The number of halogens is 1. The second-order valence-electron chi connectivity index (χ2n) is 7.95. The van der Waals surface area contributed by atoms with E-state index >= 15 is 0 Å². The van der Waals surface area contributed by atoms with Crippen molar-refractivity contribution in [1.82, 2.24) is 0 Å². The first-order valence-corrected chi connectivity index (χ1v) is 10.3. The molecule has 0 aromatic rings. The van der Waals surface area contributed by atoms with Crippen LogP contribution in [0.25, 0.3) is 0 Å². The number of carbonyl (C=O) groups excluding carboxylic acids is 1. The summed E-state index contributed by atoms with van der Waals surface area (Å²) >= 11 is 2.40. The van der Waals surface area contributed by atoms with E-state index in [1.807, 2.05) is 0 Å². The van der Waals surface area contributed by atoms with Crippen molar-refractivity contribution >= 4 is 28.6 Å². The Hall–Kier alpha value is -0.360. The number of ether oxygens (including phenoxy) is 1. The molecule has 0 saturated heterocycles. The SMILES string of the molecule is C=C(C[C@H](O)C[C@@H](C)[C@H]1CCC2/C(=C/I)CCC[C@@]21C)C(=O)OC. The van der Waals surface area contributed by atoms with Crippen LogP contribution < -0.4 is 0 Å². The Morgan fingerprint density at radius 3 is 2.88 bits per heavy atom. The zero-order valence-corrected chi connectivity index (χ0v) is 17.3. The molecule has 136 valence electrons. The van der Waals surface area contributed by atoms with E-state index in [-0.39, 0.29) is 0 Å². The molecule has 2 saturated carbocycles. The van der Waals surface area contributed by atoms with Crippen LogP contribution in [-0.4, -0.2) is 24.3 Å². The van der Waals surface area contributed by atoms with Crippen LogP contribution in [0.2, 0.25) is 0 Å². The molecule has 2 aliphatic carbocycles. The third-order valence-electron chi connectivity index (χ3n) is 6.46. The van der Waals surface area contributed by atoms with E-state index in [1.54, 1.807) is 5.57 Å². The van der Waals surface area contributed by atoms with Crippen LogP contribution in [0.1, 0.15) is 58.8 Å². The Labute approximate surface area is 160 Å². The molecule has 5 atom stereocenters. The largest absolute Gasteiger partial charge is 0.466 e. The summed E-state index contributed by atoms with van der Waals surface area (Å²) in [6.45, 7) is 8.46. The number of carbonyl (C=O) groups is 1. The molecule has 1 N–H and O–H groups in total. The van der Waals surface area contributed by atoms with Crippen LogP contribution in [0, 0.1) is 23.2 Å². The van der Waals surface area contributed by atoms with Crippen molar-refractivity contribution in [3.05, 3.63) is 21.8 Å². The van der Waals surface area contributed by atoms with Gasteiger partial charge in [0.25, 0.3) is 0 Å². The maximum atomic E-state index is 11.5. The molecule has 24 heavy (non-hydrogen) atoms. The minimum atomic E-state index is -0.516. The summed E-state index contributed by atoms with van der Waals surface area (Å²) < 4.78 is 6.98.